The first kappa shape index (κ1) is 24.1. The van der Waals surface area contributed by atoms with E-state index in [1.165, 1.54) is 23.9 Å². The second kappa shape index (κ2) is 11.4. The molecule has 32 heavy (non-hydrogen) atoms. The molecule has 174 valence electrons. The second-order valence-electron chi connectivity index (χ2n) is 8.14. The molecule has 3 amide bonds. The van der Waals surface area contributed by atoms with Gasteiger partial charge in [-0.1, -0.05) is 31.0 Å². The van der Waals surface area contributed by atoms with Crippen molar-refractivity contribution < 1.29 is 9.59 Å². The smallest absolute Gasteiger partial charge is 0.321 e. The molecule has 1 unspecified atom stereocenters. The fourth-order valence-electron chi connectivity index (χ4n) is 3.97. The SMILES string of the molecule is CCN(CC)c1ccc(-c2nnc(SC(C)C(=O)NC(=O)NC3CCCCC3)n2C)cc1. The van der Waals surface area contributed by atoms with Gasteiger partial charge in [-0.2, -0.15) is 0 Å². The molecule has 9 heteroatoms. The Kier molecular flexibility index (Phi) is 8.55. The Labute approximate surface area is 194 Å². The third kappa shape index (κ3) is 6.03. The highest BCUT2D eigenvalue weighted by atomic mass is 32.2. The number of hydrogen-bond acceptors (Lipinski definition) is 6. The van der Waals surface area contributed by atoms with Crippen LogP contribution in [-0.2, 0) is 11.8 Å². The summed E-state index contributed by atoms with van der Waals surface area (Å²) < 4.78 is 1.88. The Bertz CT molecular complexity index is 904. The largest absolute Gasteiger partial charge is 0.372 e. The van der Waals surface area contributed by atoms with Crippen LogP contribution in [0.1, 0.15) is 52.9 Å². The molecule has 0 saturated heterocycles. The van der Waals surface area contributed by atoms with E-state index in [0.717, 1.165) is 50.2 Å². The molecule has 3 rings (SSSR count). The van der Waals surface area contributed by atoms with Crippen LogP contribution in [0.3, 0.4) is 0 Å². The summed E-state index contributed by atoms with van der Waals surface area (Å²) in [5.41, 5.74) is 2.14. The van der Waals surface area contributed by atoms with E-state index in [2.05, 4.69) is 51.7 Å². The van der Waals surface area contributed by atoms with Crippen molar-refractivity contribution in [3.63, 3.8) is 0 Å². The van der Waals surface area contributed by atoms with Gasteiger partial charge in [-0.05, 0) is 57.9 Å². The average molecular weight is 459 g/mol. The van der Waals surface area contributed by atoms with Crippen LogP contribution in [0.4, 0.5) is 10.5 Å². The second-order valence-corrected chi connectivity index (χ2v) is 9.45. The lowest BCUT2D eigenvalue weighted by Gasteiger charge is -2.23. The van der Waals surface area contributed by atoms with Crippen LogP contribution in [0.5, 0.6) is 0 Å². The summed E-state index contributed by atoms with van der Waals surface area (Å²) in [6, 6.07) is 8.00. The number of hydrogen-bond donors (Lipinski definition) is 2. The van der Waals surface area contributed by atoms with Crippen molar-refractivity contribution in [2.75, 3.05) is 18.0 Å². The van der Waals surface area contributed by atoms with Gasteiger partial charge < -0.3 is 14.8 Å². The van der Waals surface area contributed by atoms with Crippen molar-refractivity contribution >= 4 is 29.4 Å². The number of aromatic nitrogens is 3. The molecule has 0 radical (unpaired) electrons. The zero-order valence-corrected chi connectivity index (χ0v) is 20.2. The quantitative estimate of drug-likeness (QED) is 0.582. The predicted molar refractivity (Wildman–Crippen MR) is 129 cm³/mol. The molecule has 1 heterocycles. The standard InChI is InChI=1S/C23H34N6O2S/c1-5-29(6-2)19-14-12-17(13-15-19)20-26-27-23(28(20)4)32-16(3)21(30)25-22(31)24-18-10-8-7-9-11-18/h12-16,18H,5-11H2,1-4H3,(H2,24,25,30,31). The van der Waals surface area contributed by atoms with E-state index in [0.29, 0.717) is 5.16 Å². The summed E-state index contributed by atoms with van der Waals surface area (Å²) in [5, 5.41) is 14.1. The molecule has 8 nitrogen and oxygen atoms in total. The number of carbonyl (C=O) groups is 2. The topological polar surface area (TPSA) is 92.2 Å². The third-order valence-electron chi connectivity index (χ3n) is 5.92. The lowest BCUT2D eigenvalue weighted by molar-refractivity contribution is -0.119. The molecule has 1 aromatic carbocycles. The number of nitrogens with zero attached hydrogens (tertiary/aromatic N) is 4. The molecule has 2 aromatic rings. The number of rotatable bonds is 8. The van der Waals surface area contributed by atoms with Crippen molar-refractivity contribution in [3.05, 3.63) is 24.3 Å². The minimum atomic E-state index is -0.479. The summed E-state index contributed by atoms with van der Waals surface area (Å²) in [7, 11) is 1.89. The van der Waals surface area contributed by atoms with Crippen LogP contribution in [0.25, 0.3) is 11.4 Å². The minimum Gasteiger partial charge on any atom is -0.372 e. The van der Waals surface area contributed by atoms with Crippen molar-refractivity contribution in [3.8, 4) is 11.4 Å². The predicted octanol–water partition coefficient (Wildman–Crippen LogP) is 3.97. The van der Waals surface area contributed by atoms with E-state index in [9.17, 15) is 9.59 Å². The van der Waals surface area contributed by atoms with Crippen LogP contribution in [0.15, 0.2) is 29.4 Å². The highest BCUT2D eigenvalue weighted by molar-refractivity contribution is 8.00. The maximum Gasteiger partial charge on any atom is 0.321 e. The molecule has 0 bridgehead atoms. The number of imide groups is 1. The van der Waals surface area contributed by atoms with Crippen molar-refractivity contribution in [1.29, 1.82) is 0 Å². The zero-order valence-electron chi connectivity index (χ0n) is 19.4. The van der Waals surface area contributed by atoms with Gasteiger partial charge in [0.1, 0.15) is 0 Å². The van der Waals surface area contributed by atoms with Gasteiger partial charge in [0.15, 0.2) is 11.0 Å². The Hall–Kier alpha value is -2.55. The molecule has 1 atom stereocenters. The van der Waals surface area contributed by atoms with E-state index < -0.39 is 11.3 Å². The van der Waals surface area contributed by atoms with Gasteiger partial charge >= 0.3 is 6.03 Å². The number of nitrogens with one attached hydrogen (secondary N) is 2. The maximum absolute atomic E-state index is 12.5. The van der Waals surface area contributed by atoms with Crippen LogP contribution >= 0.6 is 11.8 Å². The van der Waals surface area contributed by atoms with Crippen molar-refractivity contribution in [2.24, 2.45) is 7.05 Å². The molecule has 0 spiro atoms. The van der Waals surface area contributed by atoms with Crippen molar-refractivity contribution in [1.82, 2.24) is 25.4 Å². The fourth-order valence-corrected chi connectivity index (χ4v) is 4.79. The molecular weight excluding hydrogens is 424 g/mol. The van der Waals surface area contributed by atoms with Crippen LogP contribution in [0, 0.1) is 0 Å². The zero-order chi connectivity index (χ0) is 23.1. The third-order valence-corrected chi connectivity index (χ3v) is 7.05. The Morgan fingerprint density at radius 2 is 1.78 bits per heavy atom. The summed E-state index contributed by atoms with van der Waals surface area (Å²) in [6.45, 7) is 7.96. The maximum atomic E-state index is 12.5. The molecule has 0 aliphatic heterocycles. The van der Waals surface area contributed by atoms with E-state index in [1.807, 2.05) is 23.7 Å². The van der Waals surface area contributed by atoms with Gasteiger partial charge in [0, 0.05) is 37.4 Å². The Balaban J connectivity index is 1.58. The fraction of sp³-hybridized carbons (Fsp3) is 0.565. The molecule has 2 N–H and O–H groups in total. The van der Waals surface area contributed by atoms with E-state index in [1.54, 1.807) is 6.92 Å². The lowest BCUT2D eigenvalue weighted by atomic mass is 9.96. The van der Waals surface area contributed by atoms with Crippen LogP contribution in [-0.4, -0.2) is 51.1 Å². The monoisotopic (exact) mass is 458 g/mol. The summed E-state index contributed by atoms with van der Waals surface area (Å²) in [5.74, 6) is 0.401. The first-order valence-corrected chi connectivity index (χ1v) is 12.3. The summed E-state index contributed by atoms with van der Waals surface area (Å²) in [4.78, 5) is 26.9. The number of anilines is 1. The normalized spacial score (nSPS) is 15.2. The molecule has 1 fully saturated rings. The van der Waals surface area contributed by atoms with Gasteiger partial charge in [-0.3, -0.25) is 10.1 Å². The average Bonchev–Trinajstić information content (AvgIpc) is 3.15. The Morgan fingerprint density at radius 3 is 2.41 bits per heavy atom. The van der Waals surface area contributed by atoms with E-state index in [-0.39, 0.29) is 11.9 Å². The van der Waals surface area contributed by atoms with Gasteiger partial charge in [0.2, 0.25) is 5.91 Å². The van der Waals surface area contributed by atoms with E-state index >= 15 is 0 Å². The molecule has 1 aliphatic carbocycles. The summed E-state index contributed by atoms with van der Waals surface area (Å²) >= 11 is 1.29. The van der Waals surface area contributed by atoms with Crippen LogP contribution < -0.4 is 15.5 Å². The highest BCUT2D eigenvalue weighted by Crippen LogP contribution is 2.27. The van der Waals surface area contributed by atoms with Gasteiger partial charge in [0.05, 0.1) is 5.25 Å². The number of thioether (sulfide) groups is 1. The van der Waals surface area contributed by atoms with Gasteiger partial charge in [-0.25, -0.2) is 4.79 Å². The molecular formula is C23H34N6O2S. The number of urea groups is 1. The first-order chi connectivity index (χ1) is 15.4. The van der Waals surface area contributed by atoms with Gasteiger partial charge in [0.25, 0.3) is 0 Å². The van der Waals surface area contributed by atoms with Gasteiger partial charge in [-0.15, -0.1) is 10.2 Å². The highest BCUT2D eigenvalue weighted by Gasteiger charge is 2.22. The van der Waals surface area contributed by atoms with E-state index in [4.69, 9.17) is 0 Å². The van der Waals surface area contributed by atoms with Crippen molar-refractivity contribution in [2.45, 2.75) is 69.3 Å². The van der Waals surface area contributed by atoms with Crippen LogP contribution in [0.2, 0.25) is 0 Å². The lowest BCUT2D eigenvalue weighted by Crippen LogP contribution is -2.47. The summed E-state index contributed by atoms with van der Waals surface area (Å²) in [6.07, 6.45) is 5.41. The minimum absolute atomic E-state index is 0.161. The number of amides is 3. The number of carbonyl (C=O) groups excluding carboxylic acids is 2. The Morgan fingerprint density at radius 1 is 1.12 bits per heavy atom. The number of benzene rings is 1. The molecule has 1 aliphatic rings. The molecule has 1 aromatic heterocycles. The first-order valence-electron chi connectivity index (χ1n) is 11.5. The molecule has 1 saturated carbocycles.